The molecule has 0 unspecified atom stereocenters. The van der Waals surface area contributed by atoms with Crippen molar-refractivity contribution in [3.63, 3.8) is 0 Å². The maximum atomic E-state index is 11.8. The van der Waals surface area contributed by atoms with E-state index in [1.165, 1.54) is 0 Å². The molecule has 0 radical (unpaired) electrons. The number of carbonyl (C=O) groups is 1. The van der Waals surface area contributed by atoms with E-state index in [1.54, 1.807) is 30.3 Å². The Labute approximate surface area is 115 Å². The van der Waals surface area contributed by atoms with Crippen molar-refractivity contribution < 1.29 is 14.7 Å². The zero-order chi connectivity index (χ0) is 13.9. The summed E-state index contributed by atoms with van der Waals surface area (Å²) < 4.78 is 0. The van der Waals surface area contributed by atoms with Crippen molar-refractivity contribution in [3.05, 3.63) is 71.3 Å². The van der Waals surface area contributed by atoms with Crippen LogP contribution in [0.1, 0.15) is 11.1 Å². The van der Waals surface area contributed by atoms with Crippen LogP contribution in [0.25, 0.3) is 6.08 Å². The van der Waals surface area contributed by atoms with E-state index in [9.17, 15) is 9.90 Å². The summed E-state index contributed by atoms with van der Waals surface area (Å²) in [7, 11) is 0. The normalized spacial score (nSPS) is 16.1. The van der Waals surface area contributed by atoms with E-state index in [4.69, 9.17) is 4.84 Å². The molecule has 0 spiro atoms. The molecule has 0 bridgehead atoms. The number of rotatable bonds is 2. The second-order valence-corrected chi connectivity index (χ2v) is 4.34. The first-order valence-corrected chi connectivity index (χ1v) is 6.10. The van der Waals surface area contributed by atoms with Gasteiger partial charge in [0, 0.05) is 5.56 Å². The van der Waals surface area contributed by atoms with E-state index in [-0.39, 0.29) is 5.75 Å². The van der Waals surface area contributed by atoms with Crippen molar-refractivity contribution in [3.8, 4) is 5.75 Å². The van der Waals surface area contributed by atoms with Gasteiger partial charge in [0.2, 0.25) is 0 Å². The Morgan fingerprint density at radius 1 is 1.05 bits per heavy atom. The van der Waals surface area contributed by atoms with Crippen molar-refractivity contribution in [2.45, 2.75) is 0 Å². The molecule has 0 amide bonds. The number of nitrogens with zero attached hydrogens (tertiary/aromatic N) is 1. The first kappa shape index (κ1) is 12.2. The van der Waals surface area contributed by atoms with Crippen LogP contribution in [0.4, 0.5) is 0 Å². The zero-order valence-corrected chi connectivity index (χ0v) is 10.5. The van der Waals surface area contributed by atoms with Gasteiger partial charge < -0.3 is 9.94 Å². The van der Waals surface area contributed by atoms with Crippen molar-refractivity contribution in [1.29, 1.82) is 0 Å². The Morgan fingerprint density at radius 2 is 1.85 bits per heavy atom. The highest BCUT2D eigenvalue weighted by Crippen LogP contribution is 2.22. The third kappa shape index (κ3) is 2.31. The van der Waals surface area contributed by atoms with Gasteiger partial charge >= 0.3 is 5.97 Å². The quantitative estimate of drug-likeness (QED) is 0.671. The highest BCUT2D eigenvalue weighted by Gasteiger charge is 2.26. The molecule has 4 heteroatoms. The van der Waals surface area contributed by atoms with Gasteiger partial charge in [-0.1, -0.05) is 47.6 Å². The van der Waals surface area contributed by atoms with Crippen molar-refractivity contribution in [2.24, 2.45) is 5.16 Å². The lowest BCUT2D eigenvalue weighted by Crippen LogP contribution is -2.06. The molecule has 98 valence electrons. The van der Waals surface area contributed by atoms with E-state index in [0.717, 1.165) is 5.56 Å². The van der Waals surface area contributed by atoms with E-state index < -0.39 is 5.97 Å². The average molecular weight is 265 g/mol. The van der Waals surface area contributed by atoms with Crippen LogP contribution < -0.4 is 0 Å². The molecule has 1 N–H and O–H groups in total. The van der Waals surface area contributed by atoms with E-state index in [2.05, 4.69) is 5.16 Å². The Bertz CT molecular complexity index is 718. The molecule has 20 heavy (non-hydrogen) atoms. The topological polar surface area (TPSA) is 58.9 Å². The summed E-state index contributed by atoms with van der Waals surface area (Å²) in [5, 5.41) is 13.3. The van der Waals surface area contributed by atoms with Gasteiger partial charge in [-0.15, -0.1) is 0 Å². The molecule has 0 aromatic heterocycles. The summed E-state index contributed by atoms with van der Waals surface area (Å²) in [6.45, 7) is 0. The second kappa shape index (κ2) is 5.01. The summed E-state index contributed by atoms with van der Waals surface area (Å²) in [5.41, 5.74) is 2.40. The van der Waals surface area contributed by atoms with Gasteiger partial charge in [0.15, 0.2) is 0 Å². The Morgan fingerprint density at radius 3 is 2.60 bits per heavy atom. The third-order valence-corrected chi connectivity index (χ3v) is 2.92. The lowest BCUT2D eigenvalue weighted by atomic mass is 10.0. The summed E-state index contributed by atoms with van der Waals surface area (Å²) in [6.07, 6.45) is 1.65. The van der Waals surface area contributed by atoms with Crippen LogP contribution in [0.2, 0.25) is 0 Å². The van der Waals surface area contributed by atoms with Crippen LogP contribution >= 0.6 is 0 Å². The highest BCUT2D eigenvalue weighted by molar-refractivity contribution is 6.31. The van der Waals surface area contributed by atoms with Crippen LogP contribution in [0.15, 0.2) is 65.3 Å². The molecule has 2 aromatic carbocycles. The molecule has 1 aliphatic heterocycles. The van der Waals surface area contributed by atoms with Crippen LogP contribution in [-0.4, -0.2) is 16.8 Å². The molecule has 1 heterocycles. The number of phenols is 1. The van der Waals surface area contributed by atoms with Gasteiger partial charge in [-0.3, -0.25) is 0 Å². The Balaban J connectivity index is 2.03. The van der Waals surface area contributed by atoms with E-state index >= 15 is 0 Å². The van der Waals surface area contributed by atoms with Gasteiger partial charge in [0.05, 0.1) is 5.57 Å². The number of oxime groups is 1. The minimum Gasteiger partial charge on any atom is -0.508 e. The number of phenolic OH excluding ortho intramolecular Hbond substituents is 1. The number of aromatic hydroxyl groups is 1. The number of carbonyl (C=O) groups excluding carboxylic acids is 1. The van der Waals surface area contributed by atoms with Gasteiger partial charge in [-0.25, -0.2) is 4.79 Å². The Kier molecular flexibility index (Phi) is 3.05. The van der Waals surface area contributed by atoms with Gasteiger partial charge in [-0.2, -0.15) is 0 Å². The molecule has 0 saturated heterocycles. The average Bonchev–Trinajstić information content (AvgIpc) is 2.81. The second-order valence-electron chi connectivity index (χ2n) is 4.34. The van der Waals surface area contributed by atoms with Crippen LogP contribution in [0.5, 0.6) is 5.75 Å². The molecular weight excluding hydrogens is 254 g/mol. The molecule has 0 aliphatic carbocycles. The molecule has 0 saturated carbocycles. The molecular formula is C16H11NO3. The minimum absolute atomic E-state index is 0.143. The maximum absolute atomic E-state index is 11.8. The molecule has 1 aliphatic rings. The number of benzene rings is 2. The van der Waals surface area contributed by atoms with Crippen molar-refractivity contribution in [1.82, 2.24) is 0 Å². The lowest BCUT2D eigenvalue weighted by Gasteiger charge is -2.00. The predicted octanol–water partition coefficient (Wildman–Crippen LogP) is 2.74. The van der Waals surface area contributed by atoms with Gasteiger partial charge in [-0.05, 0) is 23.8 Å². The molecule has 3 rings (SSSR count). The Hall–Kier alpha value is -2.88. The largest absolute Gasteiger partial charge is 0.508 e. The smallest absolute Gasteiger partial charge is 0.368 e. The third-order valence-electron chi connectivity index (χ3n) is 2.92. The number of hydrogen-bond acceptors (Lipinski definition) is 4. The predicted molar refractivity (Wildman–Crippen MR) is 75.2 cm³/mol. The van der Waals surface area contributed by atoms with E-state index in [0.29, 0.717) is 16.8 Å². The summed E-state index contributed by atoms with van der Waals surface area (Å²) in [6, 6.07) is 16.0. The monoisotopic (exact) mass is 265 g/mol. The molecule has 0 fully saturated rings. The standard InChI is InChI=1S/C16H11NO3/c18-13-8-4-5-11(9-13)10-14-15(17-20-16(14)19)12-6-2-1-3-7-12/h1-10,18H/b14-10+. The molecule has 2 aromatic rings. The number of hydrogen-bond donors (Lipinski definition) is 1. The fraction of sp³-hybridized carbons (Fsp3) is 0. The first-order valence-electron chi connectivity index (χ1n) is 6.10. The van der Waals surface area contributed by atoms with Gasteiger partial charge in [0.25, 0.3) is 0 Å². The maximum Gasteiger partial charge on any atom is 0.368 e. The molecule has 4 nitrogen and oxygen atoms in total. The van der Waals surface area contributed by atoms with Crippen LogP contribution in [-0.2, 0) is 9.63 Å². The molecule has 0 atom stereocenters. The fourth-order valence-corrected chi connectivity index (χ4v) is 1.99. The lowest BCUT2D eigenvalue weighted by molar-refractivity contribution is -0.136. The van der Waals surface area contributed by atoms with E-state index in [1.807, 2.05) is 30.3 Å². The summed E-state index contributed by atoms with van der Waals surface area (Å²) in [5.74, 6) is -0.351. The highest BCUT2D eigenvalue weighted by atomic mass is 16.7. The summed E-state index contributed by atoms with van der Waals surface area (Å²) >= 11 is 0. The van der Waals surface area contributed by atoms with Gasteiger partial charge in [0.1, 0.15) is 11.5 Å². The van der Waals surface area contributed by atoms with Crippen molar-refractivity contribution in [2.75, 3.05) is 0 Å². The summed E-state index contributed by atoms with van der Waals surface area (Å²) in [4.78, 5) is 16.5. The van der Waals surface area contributed by atoms with Crippen LogP contribution in [0, 0.1) is 0 Å². The minimum atomic E-state index is -0.493. The first-order chi connectivity index (χ1) is 9.74. The van der Waals surface area contributed by atoms with Crippen molar-refractivity contribution >= 4 is 17.8 Å². The zero-order valence-electron chi connectivity index (χ0n) is 10.5. The SMILES string of the molecule is O=C1ON=C(c2ccccc2)/C1=C\c1cccc(O)c1. The fourth-order valence-electron chi connectivity index (χ4n) is 1.99. The van der Waals surface area contributed by atoms with Crippen LogP contribution in [0.3, 0.4) is 0 Å².